The van der Waals surface area contributed by atoms with E-state index in [4.69, 9.17) is 5.26 Å². The minimum absolute atomic E-state index is 0.228. The normalized spacial score (nSPS) is 13.5. The number of aromatic amines is 1. The van der Waals surface area contributed by atoms with Gasteiger partial charge in [-0.05, 0) is 13.5 Å². The van der Waals surface area contributed by atoms with Gasteiger partial charge in [0.25, 0.3) is 5.56 Å². The Bertz CT molecular complexity index is 1000. The lowest BCUT2D eigenvalue weighted by molar-refractivity contribution is 0.301. The lowest BCUT2D eigenvalue weighted by Crippen LogP contribution is -2.23. The molecule has 0 aliphatic carbocycles. The molecule has 4 heterocycles. The fourth-order valence-corrected chi connectivity index (χ4v) is 3.09. The predicted octanol–water partition coefficient (Wildman–Crippen LogP) is 0.0640. The van der Waals surface area contributed by atoms with E-state index in [2.05, 4.69) is 24.8 Å². The van der Waals surface area contributed by atoms with Crippen LogP contribution < -0.4 is 5.56 Å². The second-order valence-corrected chi connectivity index (χ2v) is 6.00. The van der Waals surface area contributed by atoms with Crippen LogP contribution in [0.1, 0.15) is 29.3 Å². The van der Waals surface area contributed by atoms with Crippen molar-refractivity contribution >= 4 is 5.65 Å². The first kappa shape index (κ1) is 14.6. The van der Waals surface area contributed by atoms with Crippen LogP contribution in [0.4, 0.5) is 0 Å². The Balaban J connectivity index is 1.57. The molecule has 0 atom stereocenters. The Kier molecular flexibility index (Phi) is 3.39. The third-order valence-corrected chi connectivity index (χ3v) is 4.20. The summed E-state index contributed by atoms with van der Waals surface area (Å²) in [6.07, 6.45) is 3.58. The highest BCUT2D eigenvalue weighted by atomic mass is 16.1. The molecule has 1 N–H and O–H groups in total. The van der Waals surface area contributed by atoms with Crippen molar-refractivity contribution in [2.24, 2.45) is 0 Å². The van der Waals surface area contributed by atoms with E-state index in [1.807, 2.05) is 18.0 Å². The van der Waals surface area contributed by atoms with Gasteiger partial charge in [-0.1, -0.05) is 0 Å². The van der Waals surface area contributed by atoms with Crippen molar-refractivity contribution in [3.63, 3.8) is 0 Å². The van der Waals surface area contributed by atoms with E-state index in [9.17, 15) is 4.79 Å². The average Bonchev–Trinajstić information content (AvgIpc) is 3.24. The van der Waals surface area contributed by atoms with Crippen LogP contribution in [0.25, 0.3) is 5.65 Å². The molecule has 0 amide bonds. The van der Waals surface area contributed by atoms with Crippen molar-refractivity contribution < 1.29 is 0 Å². The Morgan fingerprint density at radius 3 is 3.12 bits per heavy atom. The first-order chi connectivity index (χ1) is 11.7. The van der Waals surface area contributed by atoms with Crippen molar-refractivity contribution in [1.82, 2.24) is 34.3 Å². The third kappa shape index (κ3) is 2.37. The van der Waals surface area contributed by atoms with Gasteiger partial charge in [0.2, 0.25) is 0 Å². The topological polar surface area (TPSA) is 108 Å². The summed E-state index contributed by atoms with van der Waals surface area (Å²) in [5.74, 6) is 1.98. The summed E-state index contributed by atoms with van der Waals surface area (Å²) in [5.41, 5.74) is 1.11. The molecule has 9 nitrogen and oxygen atoms in total. The Morgan fingerprint density at radius 1 is 1.42 bits per heavy atom. The number of nitrogens with one attached hydrogen (secondary N) is 1. The molecule has 24 heavy (non-hydrogen) atoms. The smallest absolute Gasteiger partial charge is 0.272 e. The standard InChI is InChI=1S/C15H16N8O/c1-21(9-13-20-19-12-3-2-4-22(12)13)8-11-5-14(24)23-15(18-11)10(6-16)7-17-23/h5,7,17H,2-4,8-9H2,1H3. The monoisotopic (exact) mass is 324 g/mol. The van der Waals surface area contributed by atoms with E-state index in [-0.39, 0.29) is 5.56 Å². The van der Waals surface area contributed by atoms with Crippen LogP contribution in [-0.2, 0) is 26.1 Å². The Hall–Kier alpha value is -2.99. The van der Waals surface area contributed by atoms with Gasteiger partial charge in [-0.25, -0.2) is 9.50 Å². The van der Waals surface area contributed by atoms with E-state index in [0.717, 1.165) is 31.0 Å². The summed E-state index contributed by atoms with van der Waals surface area (Å²) < 4.78 is 3.43. The molecule has 122 valence electrons. The summed E-state index contributed by atoms with van der Waals surface area (Å²) in [6, 6.07) is 3.52. The minimum Gasteiger partial charge on any atom is -0.314 e. The molecular weight excluding hydrogens is 308 g/mol. The van der Waals surface area contributed by atoms with Gasteiger partial charge < -0.3 is 4.57 Å². The molecule has 3 aromatic heterocycles. The molecule has 0 saturated heterocycles. The first-order valence-electron chi connectivity index (χ1n) is 7.75. The summed E-state index contributed by atoms with van der Waals surface area (Å²) in [4.78, 5) is 18.6. The second-order valence-electron chi connectivity index (χ2n) is 6.00. The van der Waals surface area contributed by atoms with Crippen molar-refractivity contribution in [3.8, 4) is 6.07 Å². The summed E-state index contributed by atoms with van der Waals surface area (Å²) in [5, 5.41) is 20.3. The third-order valence-electron chi connectivity index (χ3n) is 4.20. The minimum atomic E-state index is -0.228. The highest BCUT2D eigenvalue weighted by Gasteiger charge is 2.18. The van der Waals surface area contributed by atoms with Gasteiger partial charge in [0.1, 0.15) is 23.3 Å². The molecule has 0 fully saturated rings. The zero-order valence-electron chi connectivity index (χ0n) is 13.2. The average molecular weight is 324 g/mol. The molecule has 0 spiro atoms. The van der Waals surface area contributed by atoms with E-state index >= 15 is 0 Å². The number of H-pyrrole nitrogens is 1. The van der Waals surface area contributed by atoms with E-state index in [1.54, 1.807) is 0 Å². The Labute approximate surface area is 137 Å². The number of nitrogens with zero attached hydrogens (tertiary/aromatic N) is 7. The number of nitriles is 1. The fraction of sp³-hybridized carbons (Fsp3) is 0.400. The largest absolute Gasteiger partial charge is 0.314 e. The van der Waals surface area contributed by atoms with Crippen molar-refractivity contribution in [2.45, 2.75) is 32.5 Å². The number of aromatic nitrogens is 6. The lowest BCUT2D eigenvalue weighted by Gasteiger charge is -2.15. The first-order valence-corrected chi connectivity index (χ1v) is 7.75. The number of fused-ring (bicyclic) bond motifs is 2. The molecular formula is C15H16N8O. The molecule has 0 unspecified atom stereocenters. The van der Waals surface area contributed by atoms with Crippen molar-refractivity contribution in [3.05, 3.63) is 45.5 Å². The zero-order valence-corrected chi connectivity index (χ0v) is 13.2. The number of rotatable bonds is 4. The maximum atomic E-state index is 12.1. The van der Waals surface area contributed by atoms with Gasteiger partial charge in [0.15, 0.2) is 5.65 Å². The molecule has 0 saturated carbocycles. The van der Waals surface area contributed by atoms with Crippen molar-refractivity contribution in [1.29, 1.82) is 5.26 Å². The molecule has 0 bridgehead atoms. The van der Waals surface area contributed by atoms with Gasteiger partial charge in [-0.15, -0.1) is 10.2 Å². The SMILES string of the molecule is CN(Cc1cc(=O)n2[nH]cc(C#N)c2n1)Cc1nnc2n1CCC2. The van der Waals surface area contributed by atoms with Crippen LogP contribution in [0.5, 0.6) is 0 Å². The van der Waals surface area contributed by atoms with Crippen LogP contribution in [0.15, 0.2) is 17.1 Å². The maximum absolute atomic E-state index is 12.1. The molecule has 0 radical (unpaired) electrons. The number of aryl methyl sites for hydroxylation is 1. The fourth-order valence-electron chi connectivity index (χ4n) is 3.09. The second kappa shape index (κ2) is 5.58. The van der Waals surface area contributed by atoms with Gasteiger partial charge in [0, 0.05) is 31.8 Å². The summed E-state index contributed by atoms with van der Waals surface area (Å²) in [6.45, 7) is 2.09. The van der Waals surface area contributed by atoms with Crippen LogP contribution in [-0.4, -0.2) is 41.3 Å². The van der Waals surface area contributed by atoms with Gasteiger partial charge in [-0.3, -0.25) is 14.8 Å². The quantitative estimate of drug-likeness (QED) is 0.727. The van der Waals surface area contributed by atoms with Crippen molar-refractivity contribution in [2.75, 3.05) is 7.05 Å². The number of hydrogen-bond acceptors (Lipinski definition) is 6. The van der Waals surface area contributed by atoms with Crippen LogP contribution >= 0.6 is 0 Å². The summed E-state index contributed by atoms with van der Waals surface area (Å²) >= 11 is 0. The summed E-state index contributed by atoms with van der Waals surface area (Å²) in [7, 11) is 1.95. The molecule has 3 aromatic rings. The van der Waals surface area contributed by atoms with Crippen LogP contribution in [0, 0.1) is 11.3 Å². The van der Waals surface area contributed by atoms with Gasteiger partial charge in [-0.2, -0.15) is 5.26 Å². The molecule has 1 aliphatic rings. The van der Waals surface area contributed by atoms with E-state index in [0.29, 0.717) is 30.0 Å². The Morgan fingerprint density at radius 2 is 2.29 bits per heavy atom. The zero-order chi connectivity index (χ0) is 16.7. The van der Waals surface area contributed by atoms with E-state index in [1.165, 1.54) is 16.8 Å². The predicted molar refractivity (Wildman–Crippen MR) is 84.0 cm³/mol. The highest BCUT2D eigenvalue weighted by Crippen LogP contribution is 2.15. The highest BCUT2D eigenvalue weighted by molar-refractivity contribution is 5.53. The van der Waals surface area contributed by atoms with Crippen LogP contribution in [0.2, 0.25) is 0 Å². The maximum Gasteiger partial charge on any atom is 0.272 e. The molecule has 1 aliphatic heterocycles. The van der Waals surface area contributed by atoms with Gasteiger partial charge in [0.05, 0.1) is 12.2 Å². The van der Waals surface area contributed by atoms with Crippen LogP contribution in [0.3, 0.4) is 0 Å². The molecule has 9 heteroatoms. The molecule has 4 rings (SSSR count). The van der Waals surface area contributed by atoms with E-state index < -0.39 is 0 Å². The van der Waals surface area contributed by atoms with Gasteiger partial charge >= 0.3 is 0 Å². The molecule has 0 aromatic carbocycles. The lowest BCUT2D eigenvalue weighted by atomic mass is 10.3. The number of hydrogen-bond donors (Lipinski definition) is 1.